The van der Waals surface area contributed by atoms with E-state index in [1.165, 1.54) is 23.0 Å². The highest BCUT2D eigenvalue weighted by Gasteiger charge is 2.19. The Kier molecular flexibility index (Phi) is 4.74. The minimum Gasteiger partial charge on any atom is -0.408 e. The molecule has 0 unspecified atom stereocenters. The number of benzene rings is 2. The number of fused-ring (bicyclic) bond motifs is 1. The third kappa shape index (κ3) is 3.61. The second kappa shape index (κ2) is 7.05. The van der Waals surface area contributed by atoms with Gasteiger partial charge < -0.3 is 4.42 Å². The number of hydrogen-bond donors (Lipinski definition) is 1. The first-order valence-electron chi connectivity index (χ1n) is 7.60. The van der Waals surface area contributed by atoms with Crippen LogP contribution in [0, 0.1) is 3.57 Å². The van der Waals surface area contributed by atoms with Crippen LogP contribution in [-0.4, -0.2) is 22.3 Å². The standard InChI is InChI=1S/C16H11IN4O4S2/c17-12-4-2-1-3-10(12)8-21-13-6-5-11(7-14(13)25-16(21)22)27(23,24)20-15-18-9-19-26-15/h1-7,9H,8H2,(H,18,19,20). The number of aromatic nitrogens is 3. The Morgan fingerprint density at radius 2 is 2.04 bits per heavy atom. The van der Waals surface area contributed by atoms with Gasteiger partial charge >= 0.3 is 5.76 Å². The molecule has 2 heterocycles. The molecule has 4 aromatic rings. The lowest BCUT2D eigenvalue weighted by atomic mass is 10.2. The molecule has 27 heavy (non-hydrogen) atoms. The van der Waals surface area contributed by atoms with Crippen LogP contribution >= 0.6 is 34.1 Å². The number of nitrogens with one attached hydrogen (secondary N) is 1. The summed E-state index contributed by atoms with van der Waals surface area (Å²) in [6, 6.07) is 12.0. The molecule has 0 aliphatic heterocycles. The Labute approximate surface area is 171 Å². The molecular formula is C16H11IN4O4S2. The fourth-order valence-electron chi connectivity index (χ4n) is 2.55. The maximum absolute atomic E-state index is 12.5. The van der Waals surface area contributed by atoms with Gasteiger partial charge in [-0.05, 0) is 46.4 Å². The van der Waals surface area contributed by atoms with Crippen LogP contribution in [0.5, 0.6) is 0 Å². The molecule has 0 spiro atoms. The molecule has 0 bridgehead atoms. The van der Waals surface area contributed by atoms with Gasteiger partial charge in [0, 0.05) is 21.2 Å². The van der Waals surface area contributed by atoms with Crippen LogP contribution in [0.1, 0.15) is 5.56 Å². The zero-order chi connectivity index (χ0) is 19.0. The maximum atomic E-state index is 12.5. The van der Waals surface area contributed by atoms with Crippen LogP contribution in [0.2, 0.25) is 0 Å². The predicted molar refractivity (Wildman–Crippen MR) is 109 cm³/mol. The van der Waals surface area contributed by atoms with Crippen LogP contribution < -0.4 is 10.5 Å². The second-order valence-electron chi connectivity index (χ2n) is 5.53. The summed E-state index contributed by atoms with van der Waals surface area (Å²) in [6.07, 6.45) is 1.26. The third-order valence-corrected chi connectivity index (χ3v) is 6.92. The van der Waals surface area contributed by atoms with Crippen molar-refractivity contribution >= 4 is 60.4 Å². The largest absolute Gasteiger partial charge is 0.420 e. The van der Waals surface area contributed by atoms with Crippen LogP contribution in [-0.2, 0) is 16.6 Å². The minimum atomic E-state index is -3.86. The number of anilines is 1. The number of hydrogen-bond acceptors (Lipinski definition) is 7. The summed E-state index contributed by atoms with van der Waals surface area (Å²) in [4.78, 5) is 16.1. The van der Waals surface area contributed by atoms with Crippen molar-refractivity contribution in [1.29, 1.82) is 0 Å². The zero-order valence-corrected chi connectivity index (χ0v) is 17.3. The van der Waals surface area contributed by atoms with E-state index >= 15 is 0 Å². The van der Waals surface area contributed by atoms with E-state index in [4.69, 9.17) is 4.42 Å². The van der Waals surface area contributed by atoms with E-state index in [9.17, 15) is 13.2 Å². The van der Waals surface area contributed by atoms with E-state index in [2.05, 4.69) is 36.7 Å². The summed E-state index contributed by atoms with van der Waals surface area (Å²) in [5.41, 5.74) is 1.69. The van der Waals surface area contributed by atoms with Crippen LogP contribution in [0.4, 0.5) is 5.13 Å². The molecule has 8 nitrogen and oxygen atoms in total. The average Bonchev–Trinajstić information content (AvgIpc) is 3.24. The van der Waals surface area contributed by atoms with Crippen molar-refractivity contribution in [3.8, 4) is 0 Å². The molecule has 4 rings (SSSR count). The van der Waals surface area contributed by atoms with Crippen LogP contribution in [0.15, 0.2) is 62.9 Å². The van der Waals surface area contributed by atoms with Gasteiger partial charge in [0.15, 0.2) is 5.58 Å². The minimum absolute atomic E-state index is 0.0274. The number of sulfonamides is 1. The van der Waals surface area contributed by atoms with E-state index in [-0.39, 0.29) is 15.6 Å². The van der Waals surface area contributed by atoms with Gasteiger partial charge in [0.2, 0.25) is 5.13 Å². The highest BCUT2D eigenvalue weighted by molar-refractivity contribution is 14.1. The molecule has 0 fully saturated rings. The highest BCUT2D eigenvalue weighted by Crippen LogP contribution is 2.22. The van der Waals surface area contributed by atoms with Crippen molar-refractivity contribution in [3.05, 3.63) is 68.5 Å². The number of oxazole rings is 1. The molecule has 2 aromatic heterocycles. The molecular weight excluding hydrogens is 503 g/mol. The molecule has 0 aliphatic rings. The van der Waals surface area contributed by atoms with E-state index in [0.29, 0.717) is 12.1 Å². The van der Waals surface area contributed by atoms with Crippen molar-refractivity contribution in [1.82, 2.24) is 13.9 Å². The Morgan fingerprint density at radius 3 is 2.78 bits per heavy atom. The summed E-state index contributed by atoms with van der Waals surface area (Å²) in [5.74, 6) is -0.545. The molecule has 11 heteroatoms. The molecule has 0 saturated carbocycles. The van der Waals surface area contributed by atoms with Gasteiger partial charge in [-0.3, -0.25) is 9.29 Å². The lowest BCUT2D eigenvalue weighted by Crippen LogP contribution is -2.15. The third-order valence-electron chi connectivity index (χ3n) is 3.82. The fraction of sp³-hybridized carbons (Fsp3) is 0.0625. The smallest absolute Gasteiger partial charge is 0.408 e. The van der Waals surface area contributed by atoms with Crippen molar-refractivity contribution in [3.63, 3.8) is 0 Å². The maximum Gasteiger partial charge on any atom is 0.420 e. The van der Waals surface area contributed by atoms with Crippen molar-refractivity contribution in [2.75, 3.05) is 4.72 Å². The number of nitrogens with zero attached hydrogens (tertiary/aromatic N) is 3. The van der Waals surface area contributed by atoms with Gasteiger partial charge in [-0.1, -0.05) is 18.2 Å². The Balaban J connectivity index is 1.73. The van der Waals surface area contributed by atoms with Crippen LogP contribution in [0.3, 0.4) is 0 Å². The molecule has 0 amide bonds. The first-order valence-corrected chi connectivity index (χ1v) is 10.9. The molecule has 0 radical (unpaired) electrons. The Bertz CT molecular complexity index is 1280. The normalized spacial score (nSPS) is 11.7. The topological polar surface area (TPSA) is 107 Å². The van der Waals surface area contributed by atoms with E-state index in [1.54, 1.807) is 6.07 Å². The summed E-state index contributed by atoms with van der Waals surface area (Å²) in [5, 5.41) is 0.160. The highest BCUT2D eigenvalue weighted by atomic mass is 127. The zero-order valence-electron chi connectivity index (χ0n) is 13.5. The van der Waals surface area contributed by atoms with E-state index in [0.717, 1.165) is 20.7 Å². The SMILES string of the molecule is O=c1oc2cc(S(=O)(=O)Nc3ncns3)ccc2n1Cc1ccccc1I. The monoisotopic (exact) mass is 514 g/mol. The molecule has 138 valence electrons. The quantitative estimate of drug-likeness (QED) is 0.411. The number of rotatable bonds is 5. The fourth-order valence-corrected chi connectivity index (χ4v) is 4.79. The predicted octanol–water partition coefficient (Wildman–Crippen LogP) is 2.90. The lowest BCUT2D eigenvalue weighted by molar-refractivity contribution is 0.517. The van der Waals surface area contributed by atoms with Gasteiger partial charge in [0.1, 0.15) is 6.33 Å². The molecule has 0 saturated heterocycles. The molecule has 0 aliphatic carbocycles. The van der Waals surface area contributed by atoms with Gasteiger partial charge in [-0.15, -0.1) is 0 Å². The summed E-state index contributed by atoms with van der Waals surface area (Å²) >= 11 is 3.13. The van der Waals surface area contributed by atoms with E-state index < -0.39 is 15.8 Å². The van der Waals surface area contributed by atoms with Crippen molar-refractivity contribution in [2.24, 2.45) is 0 Å². The molecule has 2 aromatic carbocycles. The van der Waals surface area contributed by atoms with Gasteiger partial charge in [0.05, 0.1) is 17.0 Å². The Hall–Kier alpha value is -2.25. The van der Waals surface area contributed by atoms with Crippen molar-refractivity contribution in [2.45, 2.75) is 11.4 Å². The summed E-state index contributed by atoms with van der Waals surface area (Å²) in [6.45, 7) is 0.333. The average molecular weight is 514 g/mol. The summed E-state index contributed by atoms with van der Waals surface area (Å²) in [7, 11) is -3.86. The van der Waals surface area contributed by atoms with Crippen LogP contribution in [0.25, 0.3) is 11.1 Å². The first kappa shape index (κ1) is 18.1. The van der Waals surface area contributed by atoms with E-state index in [1.807, 2.05) is 24.3 Å². The van der Waals surface area contributed by atoms with Gasteiger partial charge in [-0.2, -0.15) is 4.37 Å². The van der Waals surface area contributed by atoms with Gasteiger partial charge in [0.25, 0.3) is 10.0 Å². The summed E-state index contributed by atoms with van der Waals surface area (Å²) < 4.78 is 38.8. The molecule has 1 N–H and O–H groups in total. The Morgan fingerprint density at radius 1 is 1.22 bits per heavy atom. The first-order chi connectivity index (χ1) is 12.9. The lowest BCUT2D eigenvalue weighted by Gasteiger charge is -2.06. The second-order valence-corrected chi connectivity index (χ2v) is 9.15. The number of halogens is 1. The molecule has 0 atom stereocenters. The van der Waals surface area contributed by atoms with Crippen molar-refractivity contribution < 1.29 is 12.8 Å². The van der Waals surface area contributed by atoms with Gasteiger partial charge in [-0.25, -0.2) is 18.2 Å².